The molecular formula is C30H35ClN6O4. The quantitative estimate of drug-likeness (QED) is 0.271. The number of benzene rings is 2. The average molecular weight is 579 g/mol. The minimum atomic E-state index is -0.211. The Labute approximate surface area is 244 Å². The first-order valence-electron chi connectivity index (χ1n) is 13.6. The largest absolute Gasteiger partial charge is 0.497 e. The molecule has 11 heteroatoms. The number of fused-ring (bicyclic) bond motifs is 1. The highest BCUT2D eigenvalue weighted by atomic mass is 35.5. The van der Waals surface area contributed by atoms with Crippen molar-refractivity contribution in [1.82, 2.24) is 19.4 Å². The second-order valence-electron chi connectivity index (χ2n) is 9.76. The molecule has 41 heavy (non-hydrogen) atoms. The van der Waals surface area contributed by atoms with Crippen LogP contribution in [-0.2, 0) is 17.7 Å². The van der Waals surface area contributed by atoms with Crippen molar-refractivity contribution < 1.29 is 14.2 Å². The molecule has 3 heterocycles. The number of pyridine rings is 1. The van der Waals surface area contributed by atoms with Crippen LogP contribution in [0.4, 0.5) is 11.6 Å². The topological polar surface area (TPSA) is 103 Å². The van der Waals surface area contributed by atoms with E-state index in [9.17, 15) is 4.79 Å². The Bertz CT molecular complexity index is 1570. The fourth-order valence-electron chi connectivity index (χ4n) is 4.95. The molecule has 0 atom stereocenters. The molecule has 0 unspecified atom stereocenters. The van der Waals surface area contributed by atoms with Crippen molar-refractivity contribution in [1.29, 1.82) is 0 Å². The van der Waals surface area contributed by atoms with Gasteiger partial charge in [0.2, 0.25) is 5.95 Å². The number of hydrogen-bond acceptors (Lipinski definition) is 9. The van der Waals surface area contributed by atoms with Crippen molar-refractivity contribution in [2.75, 3.05) is 71.3 Å². The molecule has 0 aliphatic carbocycles. The zero-order chi connectivity index (χ0) is 28.8. The number of rotatable bonds is 11. The molecule has 0 spiro atoms. The Morgan fingerprint density at radius 2 is 1.88 bits per heavy atom. The fourth-order valence-corrected chi connectivity index (χ4v) is 5.24. The highest BCUT2D eigenvalue weighted by Crippen LogP contribution is 2.38. The molecule has 0 saturated carbocycles. The van der Waals surface area contributed by atoms with E-state index < -0.39 is 0 Å². The Kier molecular flexibility index (Phi) is 9.23. The number of morpholine rings is 1. The molecule has 1 aliphatic heterocycles. The number of methoxy groups -OCH3 is 2. The van der Waals surface area contributed by atoms with Gasteiger partial charge in [-0.3, -0.25) is 14.3 Å². The van der Waals surface area contributed by atoms with Crippen molar-refractivity contribution in [3.8, 4) is 22.6 Å². The van der Waals surface area contributed by atoms with Gasteiger partial charge in [0.15, 0.2) is 0 Å². The van der Waals surface area contributed by atoms with Gasteiger partial charge in [-0.15, -0.1) is 0 Å². The van der Waals surface area contributed by atoms with Crippen molar-refractivity contribution in [3.63, 3.8) is 0 Å². The maximum absolute atomic E-state index is 14.1. The first-order chi connectivity index (χ1) is 20.0. The zero-order valence-electron chi connectivity index (χ0n) is 23.6. The summed E-state index contributed by atoms with van der Waals surface area (Å²) >= 11 is 6.71. The molecule has 216 valence electrons. The molecule has 1 saturated heterocycles. The smallest absolute Gasteiger partial charge is 0.260 e. The summed E-state index contributed by atoms with van der Waals surface area (Å²) in [5.41, 5.74) is 3.39. The van der Waals surface area contributed by atoms with E-state index in [2.05, 4.69) is 32.7 Å². The Morgan fingerprint density at radius 1 is 1.05 bits per heavy atom. The summed E-state index contributed by atoms with van der Waals surface area (Å²) in [4.78, 5) is 25.8. The number of aryl methyl sites for hydroxylation is 2. The van der Waals surface area contributed by atoms with Gasteiger partial charge >= 0.3 is 0 Å². The number of hydrogen-bond donors (Lipinski definition) is 2. The maximum atomic E-state index is 14.1. The minimum absolute atomic E-state index is 0.211. The molecule has 0 bridgehead atoms. The van der Waals surface area contributed by atoms with Gasteiger partial charge < -0.3 is 24.8 Å². The highest BCUT2D eigenvalue weighted by molar-refractivity contribution is 6.35. The SMILES string of the molecule is CNc1cccc(CCn2c(=O)c(-c3cc(OC)cc(OC)c3Cl)cc3cnc(NCCN4CCOCC4)nc32)c1. The Balaban J connectivity index is 1.54. The van der Waals surface area contributed by atoms with Crippen LogP contribution in [0.5, 0.6) is 11.5 Å². The lowest BCUT2D eigenvalue weighted by Gasteiger charge is -2.26. The predicted molar refractivity (Wildman–Crippen MR) is 163 cm³/mol. The molecular weight excluding hydrogens is 544 g/mol. The summed E-state index contributed by atoms with van der Waals surface area (Å²) in [6, 6.07) is 13.4. The second kappa shape index (κ2) is 13.2. The first kappa shape index (κ1) is 28.7. The Hall–Kier alpha value is -3.86. The summed E-state index contributed by atoms with van der Waals surface area (Å²) in [7, 11) is 4.98. The monoisotopic (exact) mass is 578 g/mol. The van der Waals surface area contributed by atoms with Gasteiger partial charge in [0, 0.05) is 74.2 Å². The van der Waals surface area contributed by atoms with E-state index in [1.54, 1.807) is 36.1 Å². The molecule has 1 aliphatic rings. The molecule has 0 radical (unpaired) electrons. The third-order valence-corrected chi connectivity index (χ3v) is 7.63. The summed E-state index contributed by atoms with van der Waals surface area (Å²) < 4.78 is 18.1. The normalized spacial score (nSPS) is 13.8. The third-order valence-electron chi connectivity index (χ3n) is 7.24. The summed E-state index contributed by atoms with van der Waals surface area (Å²) in [5.74, 6) is 1.43. The van der Waals surface area contributed by atoms with Crippen LogP contribution in [0, 0.1) is 0 Å². The van der Waals surface area contributed by atoms with Gasteiger partial charge in [-0.2, -0.15) is 4.98 Å². The van der Waals surface area contributed by atoms with Gasteiger partial charge in [-0.25, -0.2) is 4.98 Å². The van der Waals surface area contributed by atoms with Gasteiger partial charge in [0.05, 0.1) is 32.5 Å². The van der Waals surface area contributed by atoms with Crippen LogP contribution in [0.15, 0.2) is 53.5 Å². The molecule has 10 nitrogen and oxygen atoms in total. The second-order valence-corrected chi connectivity index (χ2v) is 10.1. The molecule has 2 N–H and O–H groups in total. The Morgan fingerprint density at radius 3 is 2.63 bits per heavy atom. The minimum Gasteiger partial charge on any atom is -0.497 e. The van der Waals surface area contributed by atoms with Crippen LogP contribution in [-0.4, -0.2) is 80.1 Å². The van der Waals surface area contributed by atoms with Crippen LogP contribution in [0.3, 0.4) is 0 Å². The molecule has 2 aromatic heterocycles. The lowest BCUT2D eigenvalue weighted by atomic mass is 10.0. The van der Waals surface area contributed by atoms with Crippen LogP contribution in [0.25, 0.3) is 22.2 Å². The van der Waals surface area contributed by atoms with E-state index in [-0.39, 0.29) is 5.56 Å². The number of nitrogens with zero attached hydrogens (tertiary/aromatic N) is 4. The molecule has 4 aromatic rings. The van der Waals surface area contributed by atoms with Crippen LogP contribution in [0.1, 0.15) is 5.56 Å². The van der Waals surface area contributed by atoms with E-state index in [0.717, 1.165) is 49.5 Å². The fraction of sp³-hybridized carbons (Fsp3) is 0.367. The van der Waals surface area contributed by atoms with E-state index in [0.29, 0.717) is 58.8 Å². The number of aromatic nitrogens is 3. The van der Waals surface area contributed by atoms with Crippen LogP contribution < -0.4 is 25.7 Å². The number of ether oxygens (including phenoxy) is 3. The van der Waals surface area contributed by atoms with E-state index >= 15 is 0 Å². The van der Waals surface area contributed by atoms with Crippen LogP contribution >= 0.6 is 11.6 Å². The molecule has 5 rings (SSSR count). The van der Waals surface area contributed by atoms with E-state index in [1.807, 2.05) is 19.2 Å². The average Bonchev–Trinajstić information content (AvgIpc) is 3.01. The lowest BCUT2D eigenvalue weighted by molar-refractivity contribution is 0.0398. The van der Waals surface area contributed by atoms with Gasteiger partial charge in [-0.1, -0.05) is 23.7 Å². The van der Waals surface area contributed by atoms with Gasteiger partial charge in [0.1, 0.15) is 17.1 Å². The predicted octanol–water partition coefficient (Wildman–Crippen LogP) is 4.16. The summed E-state index contributed by atoms with van der Waals surface area (Å²) in [6.07, 6.45) is 2.37. The van der Waals surface area contributed by atoms with Crippen molar-refractivity contribution in [2.45, 2.75) is 13.0 Å². The maximum Gasteiger partial charge on any atom is 0.260 e. The van der Waals surface area contributed by atoms with Crippen molar-refractivity contribution >= 4 is 34.3 Å². The number of nitrogens with one attached hydrogen (secondary N) is 2. The van der Waals surface area contributed by atoms with E-state index in [4.69, 9.17) is 30.8 Å². The standard InChI is InChI=1S/C30H35ClN6O4/c1-32-22-6-4-5-20(15-22)7-9-37-28-21(19-34-30(35-28)33-8-10-36-11-13-41-14-12-36)16-25(29(37)38)24-17-23(39-2)18-26(40-3)27(24)31/h4-6,15-19,32H,7-14H2,1-3H3,(H,33,34,35). The lowest BCUT2D eigenvalue weighted by Crippen LogP contribution is -2.39. The van der Waals surface area contributed by atoms with Crippen molar-refractivity contribution in [2.24, 2.45) is 0 Å². The summed E-state index contributed by atoms with van der Waals surface area (Å²) in [5, 5.41) is 7.55. The zero-order valence-corrected chi connectivity index (χ0v) is 24.3. The third kappa shape index (κ3) is 6.56. The highest BCUT2D eigenvalue weighted by Gasteiger charge is 2.19. The number of halogens is 1. The van der Waals surface area contributed by atoms with E-state index in [1.165, 1.54) is 7.11 Å². The van der Waals surface area contributed by atoms with Gasteiger partial charge in [0.25, 0.3) is 5.56 Å². The summed E-state index contributed by atoms with van der Waals surface area (Å²) in [6.45, 7) is 5.28. The molecule has 2 aromatic carbocycles. The first-order valence-corrected chi connectivity index (χ1v) is 14.0. The molecule has 0 amide bonds. The van der Waals surface area contributed by atoms with Gasteiger partial charge in [-0.05, 0) is 36.2 Å². The van der Waals surface area contributed by atoms with Crippen LogP contribution in [0.2, 0.25) is 5.02 Å². The number of anilines is 2. The van der Waals surface area contributed by atoms with Crippen molar-refractivity contribution in [3.05, 3.63) is 69.6 Å². The molecule has 1 fully saturated rings.